The zero-order valence-electron chi connectivity index (χ0n) is 11.6. The van der Waals surface area contributed by atoms with Crippen LogP contribution in [-0.2, 0) is 11.3 Å². The number of hydrogen-bond acceptors (Lipinski definition) is 4. The molecule has 0 aromatic heterocycles. The molecule has 1 aliphatic heterocycles. The van der Waals surface area contributed by atoms with Gasteiger partial charge in [-0.05, 0) is 41.1 Å². The monoisotopic (exact) mass is 311 g/mol. The fraction of sp³-hybridized carbons (Fsp3) is 0.0588. The van der Waals surface area contributed by atoms with E-state index in [4.69, 9.17) is 0 Å². The molecule has 0 atom stereocenters. The van der Waals surface area contributed by atoms with Gasteiger partial charge in [-0.3, -0.25) is 14.5 Å². The van der Waals surface area contributed by atoms with E-state index in [1.807, 2.05) is 30.3 Å². The smallest absolute Gasteiger partial charge is 0.293 e. The second-order valence-corrected chi connectivity index (χ2v) is 5.84. The topological polar surface area (TPSA) is 57.6 Å². The standard InChI is InChI=1S/C17H13NO3S/c19-14-8-4-7-13(9-14)10-15-16(20)18(17(21)22-15)11-12-5-2-1-3-6-12/h1-10,19H,11H2. The average molecular weight is 311 g/mol. The van der Waals surface area contributed by atoms with Crippen LogP contribution in [0.1, 0.15) is 11.1 Å². The van der Waals surface area contributed by atoms with Gasteiger partial charge in [-0.15, -0.1) is 0 Å². The van der Waals surface area contributed by atoms with Crippen LogP contribution in [0.25, 0.3) is 6.08 Å². The van der Waals surface area contributed by atoms with E-state index in [1.165, 1.54) is 4.90 Å². The Labute approximate surface area is 132 Å². The molecule has 1 N–H and O–H groups in total. The van der Waals surface area contributed by atoms with Crippen molar-refractivity contribution < 1.29 is 14.7 Å². The van der Waals surface area contributed by atoms with Gasteiger partial charge in [0.25, 0.3) is 11.1 Å². The summed E-state index contributed by atoms with van der Waals surface area (Å²) in [7, 11) is 0. The molecule has 1 heterocycles. The first kappa shape index (κ1) is 14.4. The third-order valence-electron chi connectivity index (χ3n) is 3.23. The van der Waals surface area contributed by atoms with Crippen LogP contribution >= 0.6 is 11.8 Å². The number of carbonyl (C=O) groups excluding carboxylic acids is 2. The van der Waals surface area contributed by atoms with Crippen molar-refractivity contribution in [1.82, 2.24) is 4.90 Å². The van der Waals surface area contributed by atoms with Crippen LogP contribution in [0.15, 0.2) is 59.5 Å². The number of amides is 2. The molecule has 3 rings (SSSR count). The lowest BCUT2D eigenvalue weighted by Gasteiger charge is -2.12. The molecule has 5 heteroatoms. The van der Waals surface area contributed by atoms with Gasteiger partial charge in [0.05, 0.1) is 11.4 Å². The SMILES string of the molecule is O=C1SC(=Cc2cccc(O)c2)C(=O)N1Cc1ccccc1. The molecule has 0 bridgehead atoms. The second kappa shape index (κ2) is 6.07. The first-order valence-electron chi connectivity index (χ1n) is 6.72. The van der Waals surface area contributed by atoms with Gasteiger partial charge in [0.15, 0.2) is 0 Å². The number of benzene rings is 2. The van der Waals surface area contributed by atoms with E-state index in [0.717, 1.165) is 17.3 Å². The van der Waals surface area contributed by atoms with Crippen molar-refractivity contribution >= 4 is 29.0 Å². The Hall–Kier alpha value is -2.53. The van der Waals surface area contributed by atoms with Crippen molar-refractivity contribution in [3.8, 4) is 5.75 Å². The average Bonchev–Trinajstić information content (AvgIpc) is 2.76. The minimum absolute atomic E-state index is 0.122. The number of nitrogens with zero attached hydrogens (tertiary/aromatic N) is 1. The van der Waals surface area contributed by atoms with Crippen molar-refractivity contribution in [1.29, 1.82) is 0 Å². The lowest BCUT2D eigenvalue weighted by Crippen LogP contribution is -2.27. The molecule has 4 nitrogen and oxygen atoms in total. The molecule has 2 amide bonds. The van der Waals surface area contributed by atoms with E-state index in [2.05, 4.69) is 0 Å². The highest BCUT2D eigenvalue weighted by molar-refractivity contribution is 8.18. The van der Waals surface area contributed by atoms with Crippen molar-refractivity contribution in [2.75, 3.05) is 0 Å². The summed E-state index contributed by atoms with van der Waals surface area (Å²) in [6, 6.07) is 15.9. The maximum absolute atomic E-state index is 12.4. The summed E-state index contributed by atoms with van der Waals surface area (Å²) in [6.07, 6.45) is 1.62. The lowest BCUT2D eigenvalue weighted by molar-refractivity contribution is -0.123. The molecule has 0 spiro atoms. The number of rotatable bonds is 3. The molecule has 0 aliphatic carbocycles. The molecule has 1 aliphatic rings. The predicted molar refractivity (Wildman–Crippen MR) is 86.1 cm³/mol. The maximum Gasteiger partial charge on any atom is 0.293 e. The quantitative estimate of drug-likeness (QED) is 0.879. The Bertz CT molecular complexity index is 756. The molecule has 1 fully saturated rings. The van der Waals surface area contributed by atoms with Gasteiger partial charge in [-0.25, -0.2) is 0 Å². The molecule has 2 aromatic rings. The van der Waals surface area contributed by atoms with E-state index in [9.17, 15) is 14.7 Å². The Morgan fingerprint density at radius 1 is 1.05 bits per heavy atom. The van der Waals surface area contributed by atoms with Crippen LogP contribution in [0.2, 0.25) is 0 Å². The van der Waals surface area contributed by atoms with Crippen LogP contribution in [0.5, 0.6) is 5.75 Å². The van der Waals surface area contributed by atoms with Gasteiger partial charge in [0.2, 0.25) is 0 Å². The highest BCUT2D eigenvalue weighted by Crippen LogP contribution is 2.33. The Morgan fingerprint density at radius 3 is 2.55 bits per heavy atom. The highest BCUT2D eigenvalue weighted by atomic mass is 32.2. The normalized spacial score (nSPS) is 16.5. The number of hydrogen-bond donors (Lipinski definition) is 1. The minimum atomic E-state index is -0.304. The van der Waals surface area contributed by atoms with E-state index in [1.54, 1.807) is 30.3 Å². The van der Waals surface area contributed by atoms with Crippen molar-refractivity contribution in [2.24, 2.45) is 0 Å². The van der Waals surface area contributed by atoms with E-state index in [-0.39, 0.29) is 23.4 Å². The summed E-state index contributed by atoms with van der Waals surface area (Å²) in [5, 5.41) is 9.18. The highest BCUT2D eigenvalue weighted by Gasteiger charge is 2.34. The van der Waals surface area contributed by atoms with Gasteiger partial charge < -0.3 is 5.11 Å². The van der Waals surface area contributed by atoms with E-state index < -0.39 is 0 Å². The number of carbonyl (C=O) groups is 2. The van der Waals surface area contributed by atoms with E-state index in [0.29, 0.717) is 10.5 Å². The molecule has 1 saturated heterocycles. The van der Waals surface area contributed by atoms with Crippen LogP contribution in [0.3, 0.4) is 0 Å². The first-order valence-corrected chi connectivity index (χ1v) is 7.53. The maximum atomic E-state index is 12.4. The van der Waals surface area contributed by atoms with Crippen LogP contribution in [0.4, 0.5) is 4.79 Å². The molecular weight excluding hydrogens is 298 g/mol. The van der Waals surface area contributed by atoms with Gasteiger partial charge in [-0.2, -0.15) is 0 Å². The number of aromatic hydroxyl groups is 1. The second-order valence-electron chi connectivity index (χ2n) is 4.85. The molecule has 0 saturated carbocycles. The molecular formula is C17H13NO3S. The summed E-state index contributed by atoms with van der Waals surface area (Å²) in [4.78, 5) is 26.0. The minimum Gasteiger partial charge on any atom is -0.508 e. The first-order chi connectivity index (χ1) is 10.6. The van der Waals surface area contributed by atoms with Crippen molar-refractivity contribution in [3.63, 3.8) is 0 Å². The largest absolute Gasteiger partial charge is 0.508 e. The number of phenols is 1. The third kappa shape index (κ3) is 3.04. The fourth-order valence-corrected chi connectivity index (χ4v) is 3.01. The van der Waals surface area contributed by atoms with E-state index >= 15 is 0 Å². The summed E-state index contributed by atoms with van der Waals surface area (Å²) >= 11 is 0.919. The number of phenolic OH excluding ortho intramolecular Hbond substituents is 1. The van der Waals surface area contributed by atoms with Crippen molar-refractivity contribution in [2.45, 2.75) is 6.54 Å². The fourth-order valence-electron chi connectivity index (χ4n) is 2.17. The predicted octanol–water partition coefficient (Wildman–Crippen LogP) is 3.63. The zero-order valence-corrected chi connectivity index (χ0v) is 12.4. The molecule has 2 aromatic carbocycles. The van der Waals surface area contributed by atoms with Crippen LogP contribution < -0.4 is 0 Å². The Balaban J connectivity index is 1.82. The van der Waals surface area contributed by atoms with Gasteiger partial charge in [0, 0.05) is 0 Å². The molecule has 0 unspecified atom stereocenters. The summed E-state index contributed by atoms with van der Waals surface area (Å²) in [6.45, 7) is 0.267. The van der Waals surface area contributed by atoms with Gasteiger partial charge in [-0.1, -0.05) is 42.5 Å². The number of thioether (sulfide) groups is 1. The molecule has 110 valence electrons. The van der Waals surface area contributed by atoms with Crippen LogP contribution in [-0.4, -0.2) is 21.2 Å². The molecule has 22 heavy (non-hydrogen) atoms. The van der Waals surface area contributed by atoms with Crippen molar-refractivity contribution in [3.05, 3.63) is 70.6 Å². The van der Waals surface area contributed by atoms with Gasteiger partial charge >= 0.3 is 0 Å². The van der Waals surface area contributed by atoms with Crippen LogP contribution in [0, 0.1) is 0 Å². The zero-order chi connectivity index (χ0) is 15.5. The third-order valence-corrected chi connectivity index (χ3v) is 4.13. The number of imide groups is 1. The summed E-state index contributed by atoms with van der Waals surface area (Å²) < 4.78 is 0. The Kier molecular flexibility index (Phi) is 3.98. The Morgan fingerprint density at radius 2 is 1.82 bits per heavy atom. The summed E-state index contributed by atoms with van der Waals surface area (Å²) in [5.74, 6) is -0.181. The van der Waals surface area contributed by atoms with Gasteiger partial charge in [0.1, 0.15) is 5.75 Å². The molecule has 0 radical (unpaired) electrons. The lowest BCUT2D eigenvalue weighted by atomic mass is 10.2. The summed E-state index contributed by atoms with van der Waals surface area (Å²) in [5.41, 5.74) is 1.59.